The Morgan fingerprint density at radius 3 is 1.30 bits per heavy atom. The van der Waals surface area contributed by atoms with E-state index >= 15 is 0 Å². The molecule has 8 unspecified atom stereocenters. The van der Waals surface area contributed by atoms with Gasteiger partial charge in [-0.25, -0.2) is 4.79 Å². The van der Waals surface area contributed by atoms with Crippen LogP contribution in [0, 0.1) is 29.6 Å². The molecule has 0 N–H and O–H groups in total. The molecule has 0 aliphatic carbocycles. The second-order valence-corrected chi connectivity index (χ2v) is 28.3. The highest BCUT2D eigenvalue weighted by Gasteiger charge is 2.57. The number of ether oxygens (including phenoxy) is 15. The Labute approximate surface area is 624 Å². The van der Waals surface area contributed by atoms with E-state index in [1.165, 1.54) is 11.8 Å². The summed E-state index contributed by atoms with van der Waals surface area (Å²) in [4.78, 5) is 39.5. The molecule has 11 rings (SSSR count). The number of hydrogen-bond acceptors (Lipinski definition) is 20. The summed E-state index contributed by atoms with van der Waals surface area (Å²) in [5, 5.41) is 13.1. The van der Waals surface area contributed by atoms with Gasteiger partial charge >= 0.3 is 6.09 Å². The van der Waals surface area contributed by atoms with Crippen LogP contribution in [0.4, 0.5) is 4.79 Å². The van der Waals surface area contributed by atoms with Crippen LogP contribution in [0.3, 0.4) is 0 Å². The van der Waals surface area contributed by atoms with Crippen molar-refractivity contribution in [2.24, 2.45) is 44.9 Å². The van der Waals surface area contributed by atoms with Crippen LogP contribution in [0.2, 0.25) is 0 Å². The SMILES string of the molecule is CC(=O)C1O[C@@H](O[C@@H]2C(N=[N+]=[N-])[C@H](O[C@@H]3C(N=[N+]=[N-])[C@H](OCN(Cc4ccccc4)C(=O)OCc4ccccc4)OC(C)[C@@H]3C)O[C@@H](C)[C@H]2O[C@@H]2OC(COCc3ccccc3)[C@@H](C)[C@H](C)C2OCc2ccccc2)C(O[C@@H]2O[C@@H](C)[C@@H](OCc3ccccc3)[C@H](OCc3ccccc3)C2N=[N+]=[N-])[C@@H](C)[C@@H]1C. The minimum atomic E-state index is -1.55. The molecule has 0 saturated carbocycles. The van der Waals surface area contributed by atoms with E-state index in [1.807, 2.05) is 210 Å². The molecule has 0 spiro atoms. The number of amides is 1. The number of nitrogens with zero attached hydrogens (tertiary/aromatic N) is 10. The molecule has 5 aliphatic rings. The highest BCUT2D eigenvalue weighted by atomic mass is 16.8. The average Bonchev–Trinajstić information content (AvgIpc) is 0.760. The van der Waals surface area contributed by atoms with Crippen LogP contribution >= 0.6 is 0 Å². The molecule has 5 heterocycles. The lowest BCUT2D eigenvalue weighted by molar-refractivity contribution is -0.379. The summed E-state index contributed by atoms with van der Waals surface area (Å²) in [7, 11) is 0. The van der Waals surface area contributed by atoms with Crippen LogP contribution in [0.5, 0.6) is 0 Å². The van der Waals surface area contributed by atoms with Gasteiger partial charge in [0.2, 0.25) is 0 Å². The molecular formula is C80H98N10O17. The molecule has 5 fully saturated rings. The normalized spacial score (nSPS) is 32.8. The summed E-state index contributed by atoms with van der Waals surface area (Å²) < 4.78 is 103. The van der Waals surface area contributed by atoms with Gasteiger partial charge in [-0.05, 0) is 101 Å². The molecule has 0 bridgehead atoms. The first-order valence-corrected chi connectivity index (χ1v) is 36.7. The maximum Gasteiger partial charge on any atom is 0.412 e. The first-order valence-electron chi connectivity index (χ1n) is 36.7. The van der Waals surface area contributed by atoms with Crippen molar-refractivity contribution in [3.8, 4) is 0 Å². The Morgan fingerprint density at radius 2 is 0.785 bits per heavy atom. The second kappa shape index (κ2) is 39.1. The number of rotatable bonds is 32. The second-order valence-electron chi connectivity index (χ2n) is 28.3. The van der Waals surface area contributed by atoms with Crippen molar-refractivity contribution in [1.29, 1.82) is 0 Å². The van der Waals surface area contributed by atoms with Crippen molar-refractivity contribution >= 4 is 11.9 Å². The van der Waals surface area contributed by atoms with Gasteiger partial charge < -0.3 is 71.1 Å². The Morgan fingerprint density at radius 1 is 0.383 bits per heavy atom. The van der Waals surface area contributed by atoms with Gasteiger partial charge in [0.1, 0.15) is 74.2 Å². The largest absolute Gasteiger partial charge is 0.444 e. The van der Waals surface area contributed by atoms with E-state index in [9.17, 15) is 26.2 Å². The van der Waals surface area contributed by atoms with Crippen LogP contribution < -0.4 is 0 Å². The lowest BCUT2D eigenvalue weighted by Crippen LogP contribution is -2.66. The Balaban J connectivity index is 0.952. The van der Waals surface area contributed by atoms with E-state index < -0.39 is 147 Å². The molecule has 0 radical (unpaired) electrons. The van der Waals surface area contributed by atoms with Crippen molar-refractivity contribution in [2.75, 3.05) is 13.3 Å². The fourth-order valence-corrected chi connectivity index (χ4v) is 14.4. The highest BCUT2D eigenvalue weighted by molar-refractivity contribution is 5.81. The summed E-state index contributed by atoms with van der Waals surface area (Å²) in [5.41, 5.74) is 37.1. The smallest absolute Gasteiger partial charge is 0.412 e. The van der Waals surface area contributed by atoms with E-state index in [0.29, 0.717) is 6.61 Å². The molecular weight excluding hydrogens is 1370 g/mol. The summed E-state index contributed by atoms with van der Waals surface area (Å²) in [6.45, 7) is 17.2. The number of hydrogen-bond donors (Lipinski definition) is 0. The Bertz CT molecular complexity index is 3870. The molecule has 27 nitrogen and oxygen atoms in total. The van der Waals surface area contributed by atoms with Crippen molar-refractivity contribution in [3.63, 3.8) is 0 Å². The van der Waals surface area contributed by atoms with Gasteiger partial charge in [0.15, 0.2) is 37.2 Å². The molecule has 5 aliphatic heterocycles. The van der Waals surface area contributed by atoms with Crippen molar-refractivity contribution in [3.05, 3.63) is 247 Å². The van der Waals surface area contributed by atoms with Crippen LogP contribution in [0.25, 0.3) is 31.3 Å². The van der Waals surface area contributed by atoms with Gasteiger partial charge in [0, 0.05) is 20.7 Å². The van der Waals surface area contributed by atoms with Gasteiger partial charge in [0.25, 0.3) is 0 Å². The molecule has 5 saturated heterocycles. The molecule has 6 aromatic rings. The summed E-state index contributed by atoms with van der Waals surface area (Å²) in [5.74, 6) is -2.39. The number of Topliss-reactive ketones (excluding diaryl/α,β-unsaturated/α-hetero) is 1. The minimum absolute atomic E-state index is 0.0155. The van der Waals surface area contributed by atoms with Crippen LogP contribution in [-0.4, -0.2) is 153 Å². The lowest BCUT2D eigenvalue weighted by atomic mass is 9.82. The van der Waals surface area contributed by atoms with E-state index in [0.717, 1.165) is 33.4 Å². The van der Waals surface area contributed by atoms with E-state index in [1.54, 1.807) is 13.8 Å². The first-order chi connectivity index (χ1) is 52.0. The van der Waals surface area contributed by atoms with Gasteiger partial charge in [-0.2, -0.15) is 0 Å². The standard InChI is InChI=1S/C80H98N10O17/c1-48-49(2)69(94-42-59-32-20-12-21-33-59)78(102-63(48)46-93-41-58-30-18-11-19-31-58)106-72-56(9)101-77(104-68-52(5)54(7)99-75(64(68)84-87-81)98-47-90(40-57-28-16-10-17-29-57)80(92)97-45-62-38-26-15-27-39-62)66(86-89-83)74(72)107-79-70(51(4)50(3)67(103-79)53(6)91)105-76-65(85-88-82)73(96-44-61-36-24-14-25-37-61)71(55(8)100-76)95-43-60-34-22-13-23-35-60/h10-39,48-52,54-56,63-79H,40-47H2,1-9H3/t48-,49-,50-,51-,52-,54?,55-,56-,63?,64?,65?,66?,67?,68-,69?,70?,71+,72+,73+,74+,75+,76-,77-,78-,79-/m0/s1. The molecule has 1 amide bonds. The third kappa shape index (κ3) is 20.7. The number of ketones is 1. The van der Waals surface area contributed by atoms with Gasteiger partial charge in [-0.1, -0.05) is 232 Å². The molecule has 570 valence electrons. The molecule has 25 atom stereocenters. The van der Waals surface area contributed by atoms with Crippen molar-refractivity contribution in [2.45, 2.75) is 225 Å². The number of carbonyl (C=O) groups excluding carboxylic acids is 2. The maximum absolute atomic E-state index is 14.1. The zero-order chi connectivity index (χ0) is 75.3. The van der Waals surface area contributed by atoms with Crippen molar-refractivity contribution in [1.82, 2.24) is 4.90 Å². The zero-order valence-corrected chi connectivity index (χ0v) is 61.8. The molecule has 27 heteroatoms. The summed E-state index contributed by atoms with van der Waals surface area (Å²) >= 11 is 0. The number of carbonyl (C=O) groups is 2. The van der Waals surface area contributed by atoms with Gasteiger partial charge in [-0.15, -0.1) is 0 Å². The lowest BCUT2D eigenvalue weighted by Gasteiger charge is -2.52. The molecule has 107 heavy (non-hydrogen) atoms. The van der Waals surface area contributed by atoms with E-state index in [-0.39, 0.29) is 63.9 Å². The zero-order valence-electron chi connectivity index (χ0n) is 61.8. The third-order valence-corrected chi connectivity index (χ3v) is 21.1. The number of azide groups is 3. The summed E-state index contributed by atoms with van der Waals surface area (Å²) in [6.07, 6.45) is -19.3. The molecule has 0 aromatic heterocycles. The van der Waals surface area contributed by atoms with Crippen LogP contribution in [0.1, 0.15) is 95.7 Å². The monoisotopic (exact) mass is 1470 g/mol. The van der Waals surface area contributed by atoms with Crippen LogP contribution in [0.15, 0.2) is 197 Å². The number of benzene rings is 6. The Kier molecular flexibility index (Phi) is 29.1. The van der Waals surface area contributed by atoms with Crippen molar-refractivity contribution < 1.29 is 80.6 Å². The fourth-order valence-electron chi connectivity index (χ4n) is 14.4. The van der Waals surface area contributed by atoms with Gasteiger partial charge in [0.05, 0.1) is 70.1 Å². The highest BCUT2D eigenvalue weighted by Crippen LogP contribution is 2.44. The topological polar surface area (TPSA) is 322 Å². The average molecular weight is 1470 g/mol. The fraction of sp³-hybridized carbons (Fsp3) is 0.525. The first kappa shape index (κ1) is 79.7. The van der Waals surface area contributed by atoms with Crippen LogP contribution in [-0.2, 0) is 115 Å². The quantitative estimate of drug-likeness (QED) is 0.0164. The maximum atomic E-state index is 14.1. The van der Waals surface area contributed by atoms with E-state index in [4.69, 9.17) is 71.1 Å². The van der Waals surface area contributed by atoms with Gasteiger partial charge in [-0.3, -0.25) is 9.69 Å². The third-order valence-electron chi connectivity index (χ3n) is 21.1. The van der Waals surface area contributed by atoms with E-state index in [2.05, 4.69) is 43.9 Å². The summed E-state index contributed by atoms with van der Waals surface area (Å²) in [6, 6.07) is 53.3. The predicted molar refractivity (Wildman–Crippen MR) is 391 cm³/mol. The predicted octanol–water partition coefficient (Wildman–Crippen LogP) is 14.8. The minimum Gasteiger partial charge on any atom is -0.444 e. The molecule has 6 aromatic carbocycles. The Hall–Kier alpha value is -8.37.